The number of aromatic nitrogens is 3. The highest BCUT2D eigenvalue weighted by Gasteiger charge is 2.26. The lowest BCUT2D eigenvalue weighted by molar-refractivity contribution is 0.0690. The van der Waals surface area contributed by atoms with Crippen molar-refractivity contribution in [2.45, 2.75) is 52.6 Å². The Balaban J connectivity index is 1.62. The number of amides is 1. The molecule has 1 aliphatic rings. The highest BCUT2D eigenvalue weighted by Crippen LogP contribution is 2.24. The highest BCUT2D eigenvalue weighted by molar-refractivity contribution is 5.99. The molecule has 3 rings (SSSR count). The van der Waals surface area contributed by atoms with Crippen LogP contribution >= 0.6 is 0 Å². The van der Waals surface area contributed by atoms with E-state index in [1.165, 1.54) is 0 Å². The SMILES string of the molecule is CCn1c(CC2CCN(C(=O)c3ccccc3NC(C)C)CC2)n[nH]c1=O. The van der Waals surface area contributed by atoms with Gasteiger partial charge in [0.15, 0.2) is 0 Å². The molecule has 1 amide bonds. The molecule has 1 fully saturated rings. The first kappa shape index (κ1) is 19.2. The number of H-pyrrole nitrogens is 1. The summed E-state index contributed by atoms with van der Waals surface area (Å²) < 4.78 is 1.69. The normalized spacial score (nSPS) is 15.3. The number of nitrogens with one attached hydrogen (secondary N) is 2. The average molecular weight is 371 g/mol. The third-order valence-corrected chi connectivity index (χ3v) is 5.13. The molecule has 146 valence electrons. The van der Waals surface area contributed by atoms with Crippen LogP contribution in [0.25, 0.3) is 0 Å². The first-order valence-corrected chi connectivity index (χ1v) is 9.78. The van der Waals surface area contributed by atoms with Gasteiger partial charge in [-0.25, -0.2) is 9.89 Å². The number of benzene rings is 1. The molecule has 1 aliphatic heterocycles. The molecule has 0 radical (unpaired) electrons. The molecule has 1 aromatic heterocycles. The topological polar surface area (TPSA) is 83.0 Å². The summed E-state index contributed by atoms with van der Waals surface area (Å²) in [7, 11) is 0. The maximum Gasteiger partial charge on any atom is 0.343 e. The minimum absolute atomic E-state index is 0.0856. The smallest absolute Gasteiger partial charge is 0.343 e. The van der Waals surface area contributed by atoms with Gasteiger partial charge in [-0.2, -0.15) is 5.10 Å². The molecule has 1 aromatic carbocycles. The third-order valence-electron chi connectivity index (χ3n) is 5.13. The maximum atomic E-state index is 13.0. The van der Waals surface area contributed by atoms with Crippen molar-refractivity contribution in [1.82, 2.24) is 19.7 Å². The van der Waals surface area contributed by atoms with Crippen LogP contribution in [0.5, 0.6) is 0 Å². The molecular formula is C20H29N5O2. The van der Waals surface area contributed by atoms with Crippen LogP contribution in [0.15, 0.2) is 29.1 Å². The van der Waals surface area contributed by atoms with Crippen molar-refractivity contribution < 1.29 is 4.79 Å². The van der Waals surface area contributed by atoms with Crippen LogP contribution in [0.1, 0.15) is 49.8 Å². The van der Waals surface area contributed by atoms with Crippen LogP contribution in [-0.2, 0) is 13.0 Å². The molecule has 0 saturated carbocycles. The Labute approximate surface area is 159 Å². The first-order valence-electron chi connectivity index (χ1n) is 9.78. The second-order valence-electron chi connectivity index (χ2n) is 7.47. The van der Waals surface area contributed by atoms with Crippen LogP contribution < -0.4 is 11.0 Å². The summed E-state index contributed by atoms with van der Waals surface area (Å²) in [5, 5.41) is 10.1. The second kappa shape index (κ2) is 8.41. The molecule has 2 heterocycles. The third kappa shape index (κ3) is 4.40. The average Bonchev–Trinajstić information content (AvgIpc) is 3.01. The lowest BCUT2D eigenvalue weighted by atomic mass is 9.92. The van der Waals surface area contributed by atoms with Gasteiger partial charge in [-0.15, -0.1) is 0 Å². The Morgan fingerprint density at radius 1 is 1.30 bits per heavy atom. The molecule has 0 aliphatic carbocycles. The molecule has 27 heavy (non-hydrogen) atoms. The summed E-state index contributed by atoms with van der Waals surface area (Å²) in [6.07, 6.45) is 2.63. The highest BCUT2D eigenvalue weighted by atomic mass is 16.2. The van der Waals surface area contributed by atoms with Gasteiger partial charge < -0.3 is 10.2 Å². The standard InChI is InChI=1S/C20H29N5O2/c1-4-25-18(22-23-20(25)27)13-15-9-11-24(12-10-15)19(26)16-7-5-6-8-17(16)21-14(2)3/h5-8,14-15,21H,4,9-13H2,1-3H3,(H,23,27). The van der Waals surface area contributed by atoms with E-state index in [0.717, 1.165) is 49.4 Å². The monoisotopic (exact) mass is 371 g/mol. The molecule has 7 heteroatoms. The maximum absolute atomic E-state index is 13.0. The van der Waals surface area contributed by atoms with E-state index in [4.69, 9.17) is 0 Å². The molecule has 0 unspecified atom stereocenters. The molecule has 7 nitrogen and oxygen atoms in total. The fraction of sp³-hybridized carbons (Fsp3) is 0.550. The van der Waals surface area contributed by atoms with E-state index in [2.05, 4.69) is 29.4 Å². The lowest BCUT2D eigenvalue weighted by Crippen LogP contribution is -2.39. The van der Waals surface area contributed by atoms with Gasteiger partial charge in [0, 0.05) is 37.8 Å². The van der Waals surface area contributed by atoms with E-state index in [1.807, 2.05) is 36.1 Å². The van der Waals surface area contributed by atoms with Gasteiger partial charge in [-0.05, 0) is 51.7 Å². The first-order chi connectivity index (χ1) is 13.0. The molecule has 0 atom stereocenters. The lowest BCUT2D eigenvalue weighted by Gasteiger charge is -2.32. The molecular weight excluding hydrogens is 342 g/mol. The van der Waals surface area contributed by atoms with Crippen molar-refractivity contribution >= 4 is 11.6 Å². The van der Waals surface area contributed by atoms with Crippen LogP contribution in [-0.4, -0.2) is 44.7 Å². The van der Waals surface area contributed by atoms with Gasteiger partial charge >= 0.3 is 5.69 Å². The Morgan fingerprint density at radius 2 is 2.00 bits per heavy atom. The van der Waals surface area contributed by atoms with Gasteiger partial charge in [0.25, 0.3) is 5.91 Å². The number of anilines is 1. The predicted molar refractivity (Wildman–Crippen MR) is 106 cm³/mol. The zero-order valence-corrected chi connectivity index (χ0v) is 16.4. The Kier molecular flexibility index (Phi) is 5.98. The van der Waals surface area contributed by atoms with E-state index >= 15 is 0 Å². The van der Waals surface area contributed by atoms with Crippen molar-refractivity contribution in [2.75, 3.05) is 18.4 Å². The van der Waals surface area contributed by atoms with Gasteiger partial charge in [0.05, 0.1) is 5.56 Å². The number of hydrogen-bond donors (Lipinski definition) is 2. The minimum Gasteiger partial charge on any atom is -0.382 e. The van der Waals surface area contributed by atoms with E-state index in [1.54, 1.807) is 4.57 Å². The molecule has 2 aromatic rings. The molecule has 0 spiro atoms. The summed E-state index contributed by atoms with van der Waals surface area (Å²) in [5.41, 5.74) is 1.48. The fourth-order valence-electron chi connectivity index (χ4n) is 3.71. The van der Waals surface area contributed by atoms with E-state index in [0.29, 0.717) is 12.5 Å². The minimum atomic E-state index is -0.144. The number of aromatic amines is 1. The summed E-state index contributed by atoms with van der Waals surface area (Å²) in [4.78, 5) is 26.6. The number of likely N-dealkylation sites (tertiary alicyclic amines) is 1. The predicted octanol–water partition coefficient (Wildman–Crippen LogP) is 2.51. The second-order valence-corrected chi connectivity index (χ2v) is 7.47. The molecule has 1 saturated heterocycles. The van der Waals surface area contributed by atoms with E-state index < -0.39 is 0 Å². The van der Waals surface area contributed by atoms with Crippen molar-refractivity contribution in [3.05, 3.63) is 46.1 Å². The number of carbonyl (C=O) groups is 1. The van der Waals surface area contributed by atoms with E-state index in [9.17, 15) is 9.59 Å². The number of piperidine rings is 1. The van der Waals surface area contributed by atoms with Crippen LogP contribution in [0.3, 0.4) is 0 Å². The van der Waals surface area contributed by atoms with Crippen LogP contribution in [0.2, 0.25) is 0 Å². The number of rotatable bonds is 6. The van der Waals surface area contributed by atoms with Gasteiger partial charge in [-0.3, -0.25) is 9.36 Å². The van der Waals surface area contributed by atoms with Crippen LogP contribution in [0.4, 0.5) is 5.69 Å². The van der Waals surface area contributed by atoms with Gasteiger partial charge in [-0.1, -0.05) is 12.1 Å². The summed E-state index contributed by atoms with van der Waals surface area (Å²) in [6.45, 7) is 8.18. The fourth-order valence-corrected chi connectivity index (χ4v) is 3.71. The van der Waals surface area contributed by atoms with E-state index in [-0.39, 0.29) is 17.6 Å². The Hall–Kier alpha value is -2.57. The van der Waals surface area contributed by atoms with Crippen molar-refractivity contribution in [3.8, 4) is 0 Å². The van der Waals surface area contributed by atoms with Gasteiger partial charge in [0.2, 0.25) is 0 Å². The number of hydrogen-bond acceptors (Lipinski definition) is 4. The summed E-state index contributed by atoms with van der Waals surface area (Å²) >= 11 is 0. The Morgan fingerprint density at radius 3 is 2.67 bits per heavy atom. The number of nitrogens with zero attached hydrogens (tertiary/aromatic N) is 3. The zero-order chi connectivity index (χ0) is 19.4. The number of carbonyl (C=O) groups excluding carboxylic acids is 1. The zero-order valence-electron chi connectivity index (χ0n) is 16.4. The summed E-state index contributed by atoms with van der Waals surface area (Å²) in [6, 6.07) is 7.98. The molecule has 2 N–H and O–H groups in total. The van der Waals surface area contributed by atoms with Crippen molar-refractivity contribution in [3.63, 3.8) is 0 Å². The van der Waals surface area contributed by atoms with Crippen molar-refractivity contribution in [1.29, 1.82) is 0 Å². The van der Waals surface area contributed by atoms with Crippen LogP contribution in [0, 0.1) is 5.92 Å². The largest absolute Gasteiger partial charge is 0.382 e. The van der Waals surface area contributed by atoms with Gasteiger partial charge in [0.1, 0.15) is 5.82 Å². The van der Waals surface area contributed by atoms with Crippen molar-refractivity contribution in [2.24, 2.45) is 5.92 Å². The number of para-hydroxylation sites is 1. The summed E-state index contributed by atoms with van der Waals surface area (Å²) in [5.74, 6) is 1.35. The molecule has 0 bridgehead atoms. The Bertz CT molecular complexity index is 831. The quantitative estimate of drug-likeness (QED) is 0.817.